The molecule has 3 rings (SSSR count). The third kappa shape index (κ3) is 5.90. The van der Waals surface area contributed by atoms with Crippen molar-refractivity contribution in [2.24, 2.45) is 0 Å². The molecule has 0 aliphatic carbocycles. The van der Waals surface area contributed by atoms with E-state index < -0.39 is 17.6 Å². The number of hydrogen-bond donors (Lipinski definition) is 3. The molecule has 0 saturated heterocycles. The van der Waals surface area contributed by atoms with Gasteiger partial charge in [-0.1, -0.05) is 6.07 Å². The van der Waals surface area contributed by atoms with Crippen molar-refractivity contribution in [1.82, 2.24) is 20.5 Å². The van der Waals surface area contributed by atoms with Gasteiger partial charge in [0.1, 0.15) is 11.6 Å². The van der Waals surface area contributed by atoms with Crippen LogP contribution in [0.3, 0.4) is 0 Å². The molecule has 0 unspecified atom stereocenters. The third-order valence-corrected chi connectivity index (χ3v) is 4.02. The number of halogens is 3. The first-order valence-electron chi connectivity index (χ1n) is 9.04. The van der Waals surface area contributed by atoms with Gasteiger partial charge in [0.2, 0.25) is 0 Å². The minimum absolute atomic E-state index is 0.155. The van der Waals surface area contributed by atoms with Gasteiger partial charge in [0.05, 0.1) is 5.56 Å². The van der Waals surface area contributed by atoms with E-state index in [1.54, 1.807) is 18.3 Å². The van der Waals surface area contributed by atoms with Crippen LogP contribution in [0.25, 0.3) is 0 Å². The molecule has 10 heteroatoms. The van der Waals surface area contributed by atoms with Crippen LogP contribution < -0.4 is 16.0 Å². The number of anilines is 3. The Bertz CT molecular complexity index is 973. The molecule has 156 valence electrons. The molecule has 0 saturated carbocycles. The fourth-order valence-electron chi connectivity index (χ4n) is 2.45. The van der Waals surface area contributed by atoms with Crippen LogP contribution in [0.4, 0.5) is 30.6 Å². The SMILES string of the molecule is Cc1ccc(Nc2ccc(NCCNC(=O)c3ccc(C(F)(F)F)cc3)nn2)nc1. The molecule has 2 heterocycles. The molecular weight excluding hydrogens is 397 g/mol. The van der Waals surface area contributed by atoms with E-state index in [1.165, 1.54) is 0 Å². The fraction of sp³-hybridized carbons (Fsp3) is 0.200. The summed E-state index contributed by atoms with van der Waals surface area (Å²) in [6.45, 7) is 2.57. The molecule has 0 fully saturated rings. The van der Waals surface area contributed by atoms with Crippen LogP contribution in [0.2, 0.25) is 0 Å². The molecule has 1 amide bonds. The van der Waals surface area contributed by atoms with Crippen molar-refractivity contribution in [3.63, 3.8) is 0 Å². The van der Waals surface area contributed by atoms with Crippen LogP contribution in [0, 0.1) is 6.92 Å². The number of pyridine rings is 1. The van der Waals surface area contributed by atoms with Crippen molar-refractivity contribution in [2.45, 2.75) is 13.1 Å². The summed E-state index contributed by atoms with van der Waals surface area (Å²) < 4.78 is 37.7. The molecular formula is C20H19F3N6O. The zero-order valence-electron chi connectivity index (χ0n) is 16.0. The van der Waals surface area contributed by atoms with Gasteiger partial charge in [0.25, 0.3) is 5.91 Å². The molecule has 7 nitrogen and oxygen atoms in total. The number of aromatic nitrogens is 3. The average Bonchev–Trinajstić information content (AvgIpc) is 2.73. The highest BCUT2D eigenvalue weighted by Crippen LogP contribution is 2.29. The van der Waals surface area contributed by atoms with E-state index in [4.69, 9.17) is 0 Å². The summed E-state index contributed by atoms with van der Waals surface area (Å²) in [5.74, 6) is 1.25. The molecule has 0 aliphatic rings. The van der Waals surface area contributed by atoms with Crippen molar-refractivity contribution in [2.75, 3.05) is 23.7 Å². The van der Waals surface area contributed by atoms with Crippen molar-refractivity contribution >= 4 is 23.4 Å². The molecule has 0 spiro atoms. The van der Waals surface area contributed by atoms with Crippen LogP contribution in [0.15, 0.2) is 54.7 Å². The molecule has 0 bridgehead atoms. The minimum atomic E-state index is -4.43. The third-order valence-electron chi connectivity index (χ3n) is 4.02. The molecule has 1 aromatic carbocycles. The highest BCUT2D eigenvalue weighted by Gasteiger charge is 2.30. The Balaban J connectivity index is 1.42. The molecule has 0 atom stereocenters. The molecule has 0 radical (unpaired) electrons. The van der Waals surface area contributed by atoms with Crippen LogP contribution in [-0.2, 0) is 6.18 Å². The lowest BCUT2D eigenvalue weighted by atomic mass is 10.1. The highest BCUT2D eigenvalue weighted by atomic mass is 19.4. The number of rotatable bonds is 7. The molecule has 2 aromatic heterocycles. The van der Waals surface area contributed by atoms with Crippen molar-refractivity contribution in [3.05, 3.63) is 71.4 Å². The van der Waals surface area contributed by atoms with Gasteiger partial charge in [-0.3, -0.25) is 4.79 Å². The molecule has 3 N–H and O–H groups in total. The first-order valence-corrected chi connectivity index (χ1v) is 9.04. The number of benzene rings is 1. The van der Waals surface area contributed by atoms with Crippen LogP contribution in [0.1, 0.15) is 21.5 Å². The topological polar surface area (TPSA) is 91.8 Å². The van der Waals surface area contributed by atoms with Gasteiger partial charge in [-0.05, 0) is 55.0 Å². The predicted octanol–water partition coefficient (Wildman–Crippen LogP) is 3.78. The van der Waals surface area contributed by atoms with Crippen LogP contribution in [-0.4, -0.2) is 34.2 Å². The second-order valence-corrected chi connectivity index (χ2v) is 6.41. The second-order valence-electron chi connectivity index (χ2n) is 6.41. The van der Waals surface area contributed by atoms with E-state index in [-0.39, 0.29) is 12.1 Å². The number of carbonyl (C=O) groups is 1. The van der Waals surface area contributed by atoms with Gasteiger partial charge in [0, 0.05) is 24.8 Å². The standard InChI is InChI=1S/C20H19F3N6O/c1-13-2-7-16(26-12-13)27-18-9-8-17(28-29-18)24-10-11-25-19(30)14-3-5-15(6-4-14)20(21,22)23/h2-9,12H,10-11H2,1H3,(H,24,28)(H,25,30)(H,26,27,29). The summed E-state index contributed by atoms with van der Waals surface area (Å²) in [4.78, 5) is 16.2. The predicted molar refractivity (Wildman–Crippen MR) is 107 cm³/mol. The van der Waals surface area contributed by atoms with Gasteiger partial charge in [-0.15, -0.1) is 10.2 Å². The number of alkyl halides is 3. The van der Waals surface area contributed by atoms with Crippen molar-refractivity contribution in [3.8, 4) is 0 Å². The molecule has 3 aromatic rings. The normalized spacial score (nSPS) is 11.1. The number of hydrogen-bond acceptors (Lipinski definition) is 6. The van der Waals surface area contributed by atoms with E-state index in [1.807, 2.05) is 19.1 Å². The van der Waals surface area contributed by atoms with Gasteiger partial charge >= 0.3 is 6.18 Å². The van der Waals surface area contributed by atoms with Crippen molar-refractivity contribution < 1.29 is 18.0 Å². The zero-order chi connectivity index (χ0) is 21.6. The lowest BCUT2D eigenvalue weighted by Gasteiger charge is -2.09. The monoisotopic (exact) mass is 416 g/mol. The van der Waals surface area contributed by atoms with Gasteiger partial charge < -0.3 is 16.0 Å². The van der Waals surface area contributed by atoms with E-state index in [2.05, 4.69) is 31.1 Å². The van der Waals surface area contributed by atoms with Gasteiger partial charge in [0.15, 0.2) is 5.82 Å². The second kappa shape index (κ2) is 9.21. The van der Waals surface area contributed by atoms with Crippen LogP contribution >= 0.6 is 0 Å². The summed E-state index contributed by atoms with van der Waals surface area (Å²) in [6, 6.07) is 11.3. The summed E-state index contributed by atoms with van der Waals surface area (Å²) in [5.41, 5.74) is 0.412. The Morgan fingerprint density at radius 1 is 0.900 bits per heavy atom. The smallest absolute Gasteiger partial charge is 0.367 e. The maximum absolute atomic E-state index is 12.6. The highest BCUT2D eigenvalue weighted by molar-refractivity contribution is 5.94. The summed E-state index contributed by atoms with van der Waals surface area (Å²) >= 11 is 0. The number of nitrogens with zero attached hydrogens (tertiary/aromatic N) is 3. The van der Waals surface area contributed by atoms with E-state index in [0.717, 1.165) is 29.8 Å². The van der Waals surface area contributed by atoms with Gasteiger partial charge in [-0.25, -0.2) is 4.98 Å². The maximum Gasteiger partial charge on any atom is 0.416 e. The lowest BCUT2D eigenvalue weighted by Crippen LogP contribution is -2.29. The Morgan fingerprint density at radius 3 is 2.17 bits per heavy atom. The zero-order valence-corrected chi connectivity index (χ0v) is 16.0. The quantitative estimate of drug-likeness (QED) is 0.508. The first kappa shape index (κ1) is 21.0. The minimum Gasteiger partial charge on any atom is -0.367 e. The number of nitrogens with one attached hydrogen (secondary N) is 3. The number of aryl methyl sites for hydroxylation is 1. The summed E-state index contributed by atoms with van der Waals surface area (Å²) in [6.07, 6.45) is -2.69. The molecule has 0 aliphatic heterocycles. The maximum atomic E-state index is 12.6. The Kier molecular flexibility index (Phi) is 6.45. The first-order chi connectivity index (χ1) is 14.3. The summed E-state index contributed by atoms with van der Waals surface area (Å²) in [5, 5.41) is 16.7. The van der Waals surface area contributed by atoms with E-state index in [9.17, 15) is 18.0 Å². The van der Waals surface area contributed by atoms with Crippen molar-refractivity contribution in [1.29, 1.82) is 0 Å². The molecule has 30 heavy (non-hydrogen) atoms. The summed E-state index contributed by atoms with van der Waals surface area (Å²) in [7, 11) is 0. The Labute approximate surface area is 170 Å². The Hall–Kier alpha value is -3.69. The average molecular weight is 416 g/mol. The van der Waals surface area contributed by atoms with Crippen LogP contribution in [0.5, 0.6) is 0 Å². The largest absolute Gasteiger partial charge is 0.416 e. The van der Waals surface area contributed by atoms with Gasteiger partial charge in [-0.2, -0.15) is 13.2 Å². The van der Waals surface area contributed by atoms with E-state index >= 15 is 0 Å². The fourth-order valence-corrected chi connectivity index (χ4v) is 2.45. The number of amides is 1. The lowest BCUT2D eigenvalue weighted by molar-refractivity contribution is -0.137. The van der Waals surface area contributed by atoms with E-state index in [0.29, 0.717) is 24.0 Å². The Morgan fingerprint density at radius 2 is 1.57 bits per heavy atom. The number of carbonyl (C=O) groups excluding carboxylic acids is 1.